The van der Waals surface area contributed by atoms with Gasteiger partial charge in [-0.15, -0.1) is 0 Å². The zero-order chi connectivity index (χ0) is 19.9. The minimum atomic E-state index is -0.170. The number of hydrogen-bond acceptors (Lipinski definition) is 6. The average Bonchev–Trinajstić information content (AvgIpc) is 2.73. The predicted molar refractivity (Wildman–Crippen MR) is 107 cm³/mol. The smallest absolute Gasteiger partial charge is 0.238 e. The predicted octanol–water partition coefficient (Wildman–Crippen LogP) is 2.62. The molecule has 0 unspecified atom stereocenters. The Labute approximate surface area is 164 Å². The fraction of sp³-hybridized carbons (Fsp3) is 0.381. The number of ether oxygens (including phenoxy) is 2. The summed E-state index contributed by atoms with van der Waals surface area (Å²) in [4.78, 5) is 31.2. The summed E-state index contributed by atoms with van der Waals surface area (Å²) in [6.07, 6.45) is 1.97. The van der Waals surface area contributed by atoms with Crippen LogP contribution >= 0.6 is 0 Å². The second kappa shape index (κ2) is 9.43. The van der Waals surface area contributed by atoms with Gasteiger partial charge in [-0.3, -0.25) is 19.5 Å². The van der Waals surface area contributed by atoms with Crippen LogP contribution in [0.5, 0.6) is 5.75 Å². The van der Waals surface area contributed by atoms with E-state index >= 15 is 0 Å². The van der Waals surface area contributed by atoms with Gasteiger partial charge in [-0.05, 0) is 23.8 Å². The monoisotopic (exact) mass is 383 g/mol. The number of morpholine rings is 1. The van der Waals surface area contributed by atoms with Gasteiger partial charge in [-0.1, -0.05) is 19.1 Å². The van der Waals surface area contributed by atoms with Crippen molar-refractivity contribution in [3.05, 3.63) is 42.2 Å². The maximum atomic E-state index is 12.5. The number of Topliss-reactive ketones (excluding diaryl/α,β-unsaturated/α-hetero) is 1. The Morgan fingerprint density at radius 1 is 1.21 bits per heavy atom. The quantitative estimate of drug-likeness (QED) is 0.741. The summed E-state index contributed by atoms with van der Waals surface area (Å²) in [6, 6.07) is 9.35. The van der Waals surface area contributed by atoms with Gasteiger partial charge in [0.25, 0.3) is 0 Å². The van der Waals surface area contributed by atoms with Gasteiger partial charge in [0.2, 0.25) is 5.91 Å². The van der Waals surface area contributed by atoms with E-state index in [-0.39, 0.29) is 23.9 Å². The van der Waals surface area contributed by atoms with Crippen LogP contribution in [0, 0.1) is 0 Å². The number of benzene rings is 1. The molecule has 1 N–H and O–H groups in total. The molecule has 0 bridgehead atoms. The minimum absolute atomic E-state index is 0.112. The van der Waals surface area contributed by atoms with Crippen LogP contribution in [0.3, 0.4) is 0 Å². The lowest BCUT2D eigenvalue weighted by Crippen LogP contribution is -2.41. The van der Waals surface area contributed by atoms with E-state index in [1.54, 1.807) is 26.3 Å². The van der Waals surface area contributed by atoms with Crippen molar-refractivity contribution in [3.63, 3.8) is 0 Å². The summed E-state index contributed by atoms with van der Waals surface area (Å²) in [5.41, 5.74) is 2.41. The third kappa shape index (κ3) is 4.94. The molecule has 0 spiro atoms. The van der Waals surface area contributed by atoms with Gasteiger partial charge in [0.1, 0.15) is 11.4 Å². The van der Waals surface area contributed by atoms with Crippen LogP contribution in [0.4, 0.5) is 5.69 Å². The van der Waals surface area contributed by atoms with Crippen molar-refractivity contribution < 1.29 is 19.1 Å². The summed E-state index contributed by atoms with van der Waals surface area (Å²) in [5, 5.41) is 2.88. The molecule has 1 amide bonds. The van der Waals surface area contributed by atoms with Gasteiger partial charge in [0.15, 0.2) is 5.78 Å². The van der Waals surface area contributed by atoms with Crippen LogP contribution in [0.15, 0.2) is 36.5 Å². The SMILES string of the molecule is CCC(=O)c1ncc(-c2cccc(OC)c2)cc1NC(=O)CN1CCOCC1. The Bertz CT molecular complexity index is 847. The van der Waals surface area contributed by atoms with Crippen molar-refractivity contribution in [3.8, 4) is 16.9 Å². The fourth-order valence-electron chi connectivity index (χ4n) is 3.06. The third-order valence-electron chi connectivity index (χ3n) is 4.62. The highest BCUT2D eigenvalue weighted by atomic mass is 16.5. The molecule has 1 saturated heterocycles. The Hall–Kier alpha value is -2.77. The molecular weight excluding hydrogens is 358 g/mol. The van der Waals surface area contributed by atoms with E-state index < -0.39 is 0 Å². The largest absolute Gasteiger partial charge is 0.497 e. The Balaban J connectivity index is 1.85. The summed E-state index contributed by atoms with van der Waals surface area (Å²) in [5.74, 6) is 0.444. The number of aromatic nitrogens is 1. The van der Waals surface area contributed by atoms with Crippen LogP contribution in [0.25, 0.3) is 11.1 Å². The first-order valence-corrected chi connectivity index (χ1v) is 9.38. The number of methoxy groups -OCH3 is 1. The maximum absolute atomic E-state index is 12.5. The molecule has 0 aliphatic carbocycles. The number of nitrogens with zero attached hydrogens (tertiary/aromatic N) is 2. The summed E-state index contributed by atoms with van der Waals surface area (Å²) in [7, 11) is 1.61. The van der Waals surface area contributed by atoms with E-state index in [0.717, 1.165) is 30.0 Å². The lowest BCUT2D eigenvalue weighted by Gasteiger charge is -2.25. The van der Waals surface area contributed by atoms with Gasteiger partial charge in [0.05, 0.1) is 32.6 Å². The van der Waals surface area contributed by atoms with E-state index in [0.29, 0.717) is 25.3 Å². The van der Waals surface area contributed by atoms with E-state index in [9.17, 15) is 9.59 Å². The van der Waals surface area contributed by atoms with Crippen LogP contribution in [-0.4, -0.2) is 61.5 Å². The lowest BCUT2D eigenvalue weighted by molar-refractivity contribution is -0.118. The molecule has 2 aromatic rings. The maximum Gasteiger partial charge on any atom is 0.238 e. The number of amides is 1. The standard InChI is InChI=1S/C21H25N3O4/c1-3-19(25)21-18(23-20(26)14-24-7-9-28-10-8-24)12-16(13-22-21)15-5-4-6-17(11-15)27-2/h4-6,11-13H,3,7-10,14H2,1-2H3,(H,23,26). The number of anilines is 1. The Morgan fingerprint density at radius 2 is 2.00 bits per heavy atom. The molecule has 7 heteroatoms. The highest BCUT2D eigenvalue weighted by Crippen LogP contribution is 2.27. The summed E-state index contributed by atoms with van der Waals surface area (Å²) >= 11 is 0. The van der Waals surface area contributed by atoms with Gasteiger partial charge >= 0.3 is 0 Å². The average molecular weight is 383 g/mol. The normalized spacial score (nSPS) is 14.5. The Morgan fingerprint density at radius 3 is 2.71 bits per heavy atom. The topological polar surface area (TPSA) is 80.8 Å². The molecule has 148 valence electrons. The van der Waals surface area contributed by atoms with Crippen LogP contribution < -0.4 is 10.1 Å². The second-order valence-electron chi connectivity index (χ2n) is 6.57. The van der Waals surface area contributed by atoms with E-state index in [1.807, 2.05) is 29.2 Å². The van der Waals surface area contributed by atoms with Crippen LogP contribution in [-0.2, 0) is 9.53 Å². The van der Waals surface area contributed by atoms with E-state index in [2.05, 4.69) is 10.3 Å². The molecule has 28 heavy (non-hydrogen) atoms. The summed E-state index contributed by atoms with van der Waals surface area (Å²) in [6.45, 7) is 4.72. The molecule has 1 aromatic carbocycles. The van der Waals surface area contributed by atoms with Crippen LogP contribution in [0.1, 0.15) is 23.8 Å². The van der Waals surface area contributed by atoms with Gasteiger partial charge in [-0.25, -0.2) is 0 Å². The number of pyridine rings is 1. The molecule has 1 aliphatic rings. The van der Waals surface area contributed by atoms with Crippen molar-refractivity contribution in [2.45, 2.75) is 13.3 Å². The minimum Gasteiger partial charge on any atom is -0.497 e. The molecule has 1 aliphatic heterocycles. The first kappa shape index (κ1) is 20.0. The van der Waals surface area contributed by atoms with Crippen LogP contribution in [0.2, 0.25) is 0 Å². The number of ketones is 1. The van der Waals surface area contributed by atoms with Crippen molar-refractivity contribution in [1.82, 2.24) is 9.88 Å². The van der Waals surface area contributed by atoms with Crippen molar-refractivity contribution in [1.29, 1.82) is 0 Å². The molecule has 2 heterocycles. The highest BCUT2D eigenvalue weighted by molar-refractivity contribution is 6.04. The zero-order valence-corrected chi connectivity index (χ0v) is 16.2. The number of rotatable bonds is 7. The first-order chi connectivity index (χ1) is 13.6. The lowest BCUT2D eigenvalue weighted by atomic mass is 10.0. The van der Waals surface area contributed by atoms with Crippen molar-refractivity contribution >= 4 is 17.4 Å². The molecule has 0 atom stereocenters. The van der Waals surface area contributed by atoms with E-state index in [1.165, 1.54) is 0 Å². The number of hydrogen-bond donors (Lipinski definition) is 1. The number of carbonyl (C=O) groups is 2. The molecular formula is C21H25N3O4. The van der Waals surface area contributed by atoms with Gasteiger partial charge in [0, 0.05) is 31.3 Å². The van der Waals surface area contributed by atoms with Gasteiger partial charge < -0.3 is 14.8 Å². The third-order valence-corrected chi connectivity index (χ3v) is 4.62. The molecule has 1 fully saturated rings. The number of carbonyl (C=O) groups excluding carboxylic acids is 2. The highest BCUT2D eigenvalue weighted by Gasteiger charge is 2.18. The molecule has 1 aromatic heterocycles. The fourth-order valence-corrected chi connectivity index (χ4v) is 3.06. The van der Waals surface area contributed by atoms with Crippen molar-refractivity contribution in [2.24, 2.45) is 0 Å². The zero-order valence-electron chi connectivity index (χ0n) is 16.2. The molecule has 3 rings (SSSR count). The van der Waals surface area contributed by atoms with Crippen molar-refractivity contribution in [2.75, 3.05) is 45.3 Å². The van der Waals surface area contributed by atoms with Gasteiger partial charge in [-0.2, -0.15) is 0 Å². The first-order valence-electron chi connectivity index (χ1n) is 9.38. The second-order valence-corrected chi connectivity index (χ2v) is 6.57. The molecule has 0 radical (unpaired) electrons. The molecule has 7 nitrogen and oxygen atoms in total. The Kier molecular flexibility index (Phi) is 6.73. The van der Waals surface area contributed by atoms with E-state index in [4.69, 9.17) is 9.47 Å². The summed E-state index contributed by atoms with van der Waals surface area (Å²) < 4.78 is 10.6. The molecule has 0 saturated carbocycles. The number of nitrogens with one attached hydrogen (secondary N) is 1.